The van der Waals surface area contributed by atoms with E-state index in [1.165, 1.54) is 12.1 Å². The number of hydrogen-bond acceptors (Lipinski definition) is 6. The van der Waals surface area contributed by atoms with Gasteiger partial charge in [-0.2, -0.15) is 18.2 Å². The number of benzene rings is 2. The maximum absolute atomic E-state index is 13.8. The minimum absolute atomic E-state index is 0.102. The number of aromatic nitrogens is 3. The Morgan fingerprint density at radius 3 is 2.24 bits per heavy atom. The van der Waals surface area contributed by atoms with Gasteiger partial charge in [0.25, 0.3) is 5.89 Å². The lowest BCUT2D eigenvalue weighted by atomic mass is 10.1. The molecule has 2 aromatic heterocycles. The van der Waals surface area contributed by atoms with Crippen LogP contribution in [-0.4, -0.2) is 21.9 Å². The number of rotatable bonds is 4. The van der Waals surface area contributed by atoms with Gasteiger partial charge in [-0.15, -0.1) is 0 Å². The van der Waals surface area contributed by atoms with Gasteiger partial charge in [-0.05, 0) is 5.56 Å². The summed E-state index contributed by atoms with van der Waals surface area (Å²) in [7, 11) is 0. The Balaban J connectivity index is 1.54. The van der Waals surface area contributed by atoms with Crippen molar-refractivity contribution < 1.29 is 27.0 Å². The molecule has 9 heteroatoms. The van der Waals surface area contributed by atoms with Crippen LogP contribution in [0.15, 0.2) is 63.6 Å². The second kappa shape index (κ2) is 6.56. The van der Waals surface area contributed by atoms with Crippen LogP contribution < -0.4 is 0 Å². The quantitative estimate of drug-likeness (QED) is 0.442. The van der Waals surface area contributed by atoms with Crippen LogP contribution in [0.5, 0.6) is 0 Å². The monoisotopic (exact) mass is 399 g/mol. The number of halogens is 3. The number of nitrogens with zero attached hydrogens (tertiary/aromatic N) is 3. The van der Waals surface area contributed by atoms with E-state index in [0.29, 0.717) is 12.2 Å². The van der Waals surface area contributed by atoms with Gasteiger partial charge in [0.1, 0.15) is 17.4 Å². The fourth-order valence-corrected chi connectivity index (χ4v) is 3.01. The van der Waals surface area contributed by atoms with Crippen LogP contribution in [0.1, 0.15) is 17.2 Å². The van der Waals surface area contributed by atoms with E-state index in [0.717, 1.165) is 5.56 Å². The minimum atomic E-state index is -4.72. The average molecular weight is 399 g/mol. The predicted octanol–water partition coefficient (Wildman–Crippen LogP) is 5.15. The number of alkyl halides is 3. The highest BCUT2D eigenvalue weighted by Gasteiger charge is 2.42. The summed E-state index contributed by atoms with van der Waals surface area (Å²) in [5.41, 5.74) is 0.495. The number of hydrogen-bond donors (Lipinski definition) is 0. The summed E-state index contributed by atoms with van der Waals surface area (Å²) in [6, 6.07) is 15.2. The molecular formula is C20H12F3N3O3. The van der Waals surface area contributed by atoms with Crippen LogP contribution >= 0.6 is 0 Å². The van der Waals surface area contributed by atoms with Gasteiger partial charge in [0.05, 0.1) is 6.61 Å². The zero-order valence-corrected chi connectivity index (χ0v) is 14.7. The lowest BCUT2D eigenvalue weighted by molar-refractivity contribution is -0.136. The molecule has 1 aliphatic heterocycles. The minimum Gasteiger partial charge on any atom is -0.368 e. The summed E-state index contributed by atoms with van der Waals surface area (Å²) >= 11 is 0. The zero-order chi connectivity index (χ0) is 20.0. The molecule has 0 amide bonds. The normalized spacial score (nSPS) is 16.2. The van der Waals surface area contributed by atoms with Crippen molar-refractivity contribution in [1.82, 2.24) is 15.3 Å². The fourth-order valence-electron chi connectivity index (χ4n) is 3.01. The van der Waals surface area contributed by atoms with Gasteiger partial charge in [-0.3, -0.25) is 0 Å². The predicted molar refractivity (Wildman–Crippen MR) is 94.4 cm³/mol. The third kappa shape index (κ3) is 3.29. The maximum Gasteiger partial charge on any atom is 0.422 e. The second-order valence-corrected chi connectivity index (χ2v) is 6.47. The van der Waals surface area contributed by atoms with E-state index in [1.54, 1.807) is 30.3 Å². The van der Waals surface area contributed by atoms with Gasteiger partial charge in [0.2, 0.25) is 11.6 Å². The maximum atomic E-state index is 13.8. The highest BCUT2D eigenvalue weighted by Crippen LogP contribution is 2.43. The lowest BCUT2D eigenvalue weighted by Crippen LogP contribution is -2.07. The molecule has 0 spiro atoms. The van der Waals surface area contributed by atoms with Crippen LogP contribution in [0.25, 0.3) is 34.3 Å². The lowest BCUT2D eigenvalue weighted by Gasteiger charge is -2.06. The van der Waals surface area contributed by atoms with Gasteiger partial charge < -0.3 is 13.8 Å². The molecular weight excluding hydrogens is 387 g/mol. The molecule has 1 atom stereocenters. The molecule has 3 heterocycles. The van der Waals surface area contributed by atoms with E-state index in [4.69, 9.17) is 13.8 Å². The fraction of sp³-hybridized carbons (Fsp3) is 0.150. The van der Waals surface area contributed by atoms with Gasteiger partial charge in [-0.25, -0.2) is 0 Å². The van der Waals surface area contributed by atoms with E-state index in [2.05, 4.69) is 15.3 Å². The molecule has 0 bridgehead atoms. The van der Waals surface area contributed by atoms with E-state index >= 15 is 0 Å². The molecule has 29 heavy (non-hydrogen) atoms. The Hall–Kier alpha value is -3.46. The van der Waals surface area contributed by atoms with Gasteiger partial charge in [0.15, 0.2) is 0 Å². The Morgan fingerprint density at radius 1 is 0.862 bits per heavy atom. The van der Waals surface area contributed by atoms with E-state index in [9.17, 15) is 13.2 Å². The van der Waals surface area contributed by atoms with Crippen molar-refractivity contribution in [2.75, 3.05) is 6.61 Å². The first-order chi connectivity index (χ1) is 14.0. The Labute approximate surface area is 161 Å². The van der Waals surface area contributed by atoms with Gasteiger partial charge >= 0.3 is 6.18 Å². The highest BCUT2D eigenvalue weighted by molar-refractivity contribution is 5.71. The third-order valence-electron chi connectivity index (χ3n) is 4.52. The molecule has 0 saturated carbocycles. The first-order valence-corrected chi connectivity index (χ1v) is 8.69. The second-order valence-electron chi connectivity index (χ2n) is 6.47. The Morgan fingerprint density at radius 2 is 1.59 bits per heavy atom. The molecule has 2 aromatic carbocycles. The Kier molecular flexibility index (Phi) is 3.99. The third-order valence-corrected chi connectivity index (χ3v) is 4.52. The van der Waals surface area contributed by atoms with Crippen LogP contribution in [0.2, 0.25) is 0 Å². The van der Waals surface area contributed by atoms with Crippen LogP contribution in [0.4, 0.5) is 13.2 Å². The van der Waals surface area contributed by atoms with Crippen molar-refractivity contribution in [3.8, 4) is 34.3 Å². The number of ether oxygens (including phenoxy) is 1. The highest BCUT2D eigenvalue weighted by atomic mass is 19.4. The summed E-state index contributed by atoms with van der Waals surface area (Å²) < 4.78 is 56.6. The molecule has 0 unspecified atom stereocenters. The van der Waals surface area contributed by atoms with Crippen LogP contribution in [0.3, 0.4) is 0 Å². The first-order valence-electron chi connectivity index (χ1n) is 8.69. The van der Waals surface area contributed by atoms with Gasteiger partial charge in [0, 0.05) is 11.1 Å². The molecule has 146 valence electrons. The smallest absolute Gasteiger partial charge is 0.368 e. The summed E-state index contributed by atoms with van der Waals surface area (Å²) in [4.78, 5) is 4.08. The van der Waals surface area contributed by atoms with Crippen molar-refractivity contribution in [2.45, 2.75) is 12.3 Å². The van der Waals surface area contributed by atoms with Crippen LogP contribution in [-0.2, 0) is 10.9 Å². The van der Waals surface area contributed by atoms with E-state index in [1.807, 2.05) is 12.1 Å². The molecule has 4 aromatic rings. The van der Waals surface area contributed by atoms with Crippen molar-refractivity contribution in [3.05, 3.63) is 65.7 Å². The topological polar surface area (TPSA) is 77.5 Å². The summed E-state index contributed by atoms with van der Waals surface area (Å²) in [6.07, 6.45) is -4.62. The SMILES string of the molecule is FC(F)(F)c1c(-c2ccccc2)noc1-c1nc(-c2ccc([C@@H]3CO3)cc2)no1. The zero-order valence-electron chi connectivity index (χ0n) is 14.7. The standard InChI is InChI=1S/C20H12F3N3O3/c21-20(22,23)15-16(12-4-2-1-3-5-12)25-28-17(15)19-24-18(26-29-19)13-8-6-11(7-9-13)14-10-27-14/h1-9,14H,10H2/t14-/m0/s1. The van der Waals surface area contributed by atoms with Crippen molar-refractivity contribution in [2.24, 2.45) is 0 Å². The molecule has 1 fully saturated rings. The number of epoxide rings is 1. The van der Waals surface area contributed by atoms with Crippen LogP contribution in [0, 0.1) is 0 Å². The van der Waals surface area contributed by atoms with E-state index < -0.39 is 23.4 Å². The summed E-state index contributed by atoms with van der Waals surface area (Å²) in [5, 5.41) is 7.40. The molecule has 0 radical (unpaired) electrons. The van der Waals surface area contributed by atoms with Gasteiger partial charge in [-0.1, -0.05) is 64.9 Å². The summed E-state index contributed by atoms with van der Waals surface area (Å²) in [6.45, 7) is 0.682. The molecule has 5 rings (SSSR count). The Bertz CT molecular complexity index is 1150. The summed E-state index contributed by atoms with van der Waals surface area (Å²) in [5.74, 6) is -0.858. The van der Waals surface area contributed by atoms with Crippen molar-refractivity contribution >= 4 is 0 Å². The van der Waals surface area contributed by atoms with E-state index in [-0.39, 0.29) is 23.2 Å². The molecule has 1 aliphatic rings. The van der Waals surface area contributed by atoms with Crippen molar-refractivity contribution in [3.63, 3.8) is 0 Å². The average Bonchev–Trinajstić information content (AvgIpc) is 3.27. The molecule has 0 N–H and O–H groups in total. The molecule has 1 saturated heterocycles. The molecule has 0 aliphatic carbocycles. The molecule has 6 nitrogen and oxygen atoms in total. The first kappa shape index (κ1) is 17.6. The van der Waals surface area contributed by atoms with Crippen molar-refractivity contribution in [1.29, 1.82) is 0 Å². The largest absolute Gasteiger partial charge is 0.422 e.